The Morgan fingerprint density at radius 1 is 1.32 bits per heavy atom. The van der Waals surface area contributed by atoms with Crippen LogP contribution in [0.25, 0.3) is 0 Å². The number of hydrogen-bond donors (Lipinski definition) is 1. The van der Waals surface area contributed by atoms with Gasteiger partial charge in [0.1, 0.15) is 17.3 Å². The molecule has 2 atom stereocenters. The third-order valence-corrected chi connectivity index (χ3v) is 5.39. The van der Waals surface area contributed by atoms with Crippen molar-refractivity contribution in [3.8, 4) is 0 Å². The summed E-state index contributed by atoms with van der Waals surface area (Å²) in [5.41, 5.74) is 0. The molecule has 1 amide bonds. The minimum atomic E-state index is 0.0312. The van der Waals surface area contributed by atoms with Crippen molar-refractivity contribution in [2.24, 2.45) is 5.92 Å². The maximum Gasteiger partial charge on any atom is 0.220 e. The normalized spacial score (nSPS) is 22.3. The Morgan fingerprint density at radius 3 is 3.04 bits per heavy atom. The lowest BCUT2D eigenvalue weighted by Gasteiger charge is -2.08. The second-order valence-corrected chi connectivity index (χ2v) is 7.40. The first-order valence-corrected chi connectivity index (χ1v) is 9.47. The molecule has 1 saturated carbocycles. The van der Waals surface area contributed by atoms with Crippen LogP contribution in [0.4, 0.5) is 0 Å². The molecule has 6 nitrogen and oxygen atoms in total. The Labute approximate surface area is 148 Å². The van der Waals surface area contributed by atoms with Gasteiger partial charge in [-0.25, -0.2) is 0 Å². The van der Waals surface area contributed by atoms with Gasteiger partial charge in [-0.15, -0.1) is 10.2 Å². The molecule has 2 aromatic heterocycles. The van der Waals surface area contributed by atoms with Crippen LogP contribution in [0.2, 0.25) is 0 Å². The Kier molecular flexibility index (Phi) is 4.59. The molecule has 1 fully saturated rings. The summed E-state index contributed by atoms with van der Waals surface area (Å²) >= 11 is 0. The first kappa shape index (κ1) is 16.4. The van der Waals surface area contributed by atoms with Crippen molar-refractivity contribution in [2.75, 3.05) is 0 Å². The van der Waals surface area contributed by atoms with Gasteiger partial charge in [-0.3, -0.25) is 4.79 Å². The fourth-order valence-electron chi connectivity index (χ4n) is 3.63. The number of fused-ring (bicyclic) bond motifs is 1. The fourth-order valence-corrected chi connectivity index (χ4v) is 3.63. The lowest BCUT2D eigenvalue weighted by Crippen LogP contribution is -2.25. The molecule has 0 bridgehead atoms. The lowest BCUT2D eigenvalue weighted by molar-refractivity contribution is -0.121. The van der Waals surface area contributed by atoms with E-state index in [0.29, 0.717) is 25.3 Å². The zero-order valence-corrected chi connectivity index (χ0v) is 14.8. The zero-order valence-electron chi connectivity index (χ0n) is 14.8. The van der Waals surface area contributed by atoms with E-state index in [0.717, 1.165) is 48.5 Å². The van der Waals surface area contributed by atoms with Crippen molar-refractivity contribution in [1.29, 1.82) is 0 Å². The fraction of sp³-hybridized carbons (Fsp3) is 0.632. The monoisotopic (exact) mass is 342 g/mol. The van der Waals surface area contributed by atoms with Crippen molar-refractivity contribution in [3.05, 3.63) is 35.3 Å². The number of carbonyl (C=O) groups is 1. The average molecular weight is 342 g/mol. The predicted molar refractivity (Wildman–Crippen MR) is 93.0 cm³/mol. The Hall–Kier alpha value is -2.11. The highest BCUT2D eigenvalue weighted by molar-refractivity contribution is 5.75. The third kappa shape index (κ3) is 3.78. The Bertz CT molecular complexity index is 748. The van der Waals surface area contributed by atoms with Gasteiger partial charge in [0.15, 0.2) is 5.82 Å². The molecule has 6 heteroatoms. The van der Waals surface area contributed by atoms with Crippen LogP contribution < -0.4 is 5.32 Å². The van der Waals surface area contributed by atoms with Gasteiger partial charge in [-0.1, -0.05) is 13.3 Å². The molecule has 2 aliphatic rings. The molecule has 0 saturated heterocycles. The molecule has 3 heterocycles. The molecule has 0 spiro atoms. The minimum absolute atomic E-state index is 0.0312. The molecular formula is C19H26N4O2. The number of amides is 1. The van der Waals surface area contributed by atoms with Crippen LogP contribution in [0.5, 0.6) is 0 Å². The van der Waals surface area contributed by atoms with E-state index >= 15 is 0 Å². The van der Waals surface area contributed by atoms with Gasteiger partial charge >= 0.3 is 0 Å². The number of rotatable bonds is 6. The molecule has 0 aromatic carbocycles. The average Bonchev–Trinajstić information content (AvgIpc) is 3.06. The number of aryl methyl sites for hydroxylation is 2. The van der Waals surface area contributed by atoms with E-state index < -0.39 is 0 Å². The van der Waals surface area contributed by atoms with Crippen LogP contribution in [-0.4, -0.2) is 20.7 Å². The van der Waals surface area contributed by atoms with E-state index in [-0.39, 0.29) is 5.91 Å². The summed E-state index contributed by atoms with van der Waals surface area (Å²) in [6.07, 6.45) is 6.86. The summed E-state index contributed by atoms with van der Waals surface area (Å²) < 4.78 is 8.03. The van der Waals surface area contributed by atoms with E-state index in [1.54, 1.807) is 0 Å². The van der Waals surface area contributed by atoms with E-state index in [1.165, 1.54) is 19.3 Å². The minimum Gasteiger partial charge on any atom is -0.466 e. The van der Waals surface area contributed by atoms with Gasteiger partial charge in [0.05, 0.1) is 6.54 Å². The van der Waals surface area contributed by atoms with Crippen LogP contribution in [0.3, 0.4) is 0 Å². The lowest BCUT2D eigenvalue weighted by atomic mass is 10.2. The van der Waals surface area contributed by atoms with Crippen molar-refractivity contribution < 1.29 is 9.21 Å². The van der Waals surface area contributed by atoms with Gasteiger partial charge in [0, 0.05) is 31.7 Å². The number of nitrogens with one attached hydrogen (secondary N) is 1. The van der Waals surface area contributed by atoms with Gasteiger partial charge in [0.25, 0.3) is 0 Å². The molecule has 25 heavy (non-hydrogen) atoms. The largest absolute Gasteiger partial charge is 0.466 e. The molecule has 134 valence electrons. The summed E-state index contributed by atoms with van der Waals surface area (Å²) in [5, 5.41) is 11.5. The molecule has 4 rings (SSSR count). The number of aromatic nitrogens is 3. The SMILES string of the molecule is C[C@@H]1C[C@@H]1c1ccc(CCC(=O)NCc2nnc3n2CCCCC3)o1. The summed E-state index contributed by atoms with van der Waals surface area (Å²) in [7, 11) is 0. The second kappa shape index (κ2) is 7.02. The van der Waals surface area contributed by atoms with Crippen LogP contribution >= 0.6 is 0 Å². The van der Waals surface area contributed by atoms with Crippen LogP contribution in [0.1, 0.15) is 68.1 Å². The molecule has 1 N–H and O–H groups in total. The van der Waals surface area contributed by atoms with E-state index in [4.69, 9.17) is 4.42 Å². The predicted octanol–water partition coefficient (Wildman–Crippen LogP) is 2.97. The standard InChI is InChI=1S/C19H26N4O2/c1-13-11-15(13)16-8-6-14(25-16)7-9-19(24)20-12-18-22-21-17-5-3-2-4-10-23(17)18/h6,8,13,15H,2-5,7,9-12H2,1H3,(H,20,24)/t13-,15+/m1/s1. The van der Waals surface area contributed by atoms with E-state index in [2.05, 4.69) is 33.1 Å². The van der Waals surface area contributed by atoms with Gasteiger partial charge in [-0.05, 0) is 37.3 Å². The van der Waals surface area contributed by atoms with Crippen molar-refractivity contribution >= 4 is 5.91 Å². The molecule has 0 unspecified atom stereocenters. The molecular weight excluding hydrogens is 316 g/mol. The van der Waals surface area contributed by atoms with Crippen LogP contribution in [0.15, 0.2) is 16.5 Å². The third-order valence-electron chi connectivity index (χ3n) is 5.39. The summed E-state index contributed by atoms with van der Waals surface area (Å²) in [6, 6.07) is 4.07. The second-order valence-electron chi connectivity index (χ2n) is 7.40. The highest BCUT2D eigenvalue weighted by atomic mass is 16.3. The number of carbonyl (C=O) groups excluding carboxylic acids is 1. The first-order chi connectivity index (χ1) is 12.2. The highest BCUT2D eigenvalue weighted by Crippen LogP contribution is 2.47. The van der Waals surface area contributed by atoms with Gasteiger partial charge < -0.3 is 14.3 Å². The quantitative estimate of drug-likeness (QED) is 0.876. The van der Waals surface area contributed by atoms with Crippen LogP contribution in [0, 0.1) is 5.92 Å². The summed E-state index contributed by atoms with van der Waals surface area (Å²) in [4.78, 5) is 12.1. The van der Waals surface area contributed by atoms with Crippen molar-refractivity contribution in [3.63, 3.8) is 0 Å². The van der Waals surface area contributed by atoms with Gasteiger partial charge in [-0.2, -0.15) is 0 Å². The van der Waals surface area contributed by atoms with Crippen molar-refractivity contribution in [1.82, 2.24) is 20.1 Å². The van der Waals surface area contributed by atoms with E-state index in [9.17, 15) is 4.79 Å². The number of nitrogens with zero attached hydrogens (tertiary/aromatic N) is 3. The number of furan rings is 1. The van der Waals surface area contributed by atoms with Gasteiger partial charge in [0.2, 0.25) is 5.91 Å². The maximum absolute atomic E-state index is 12.1. The zero-order chi connectivity index (χ0) is 17.2. The Balaban J connectivity index is 1.25. The summed E-state index contributed by atoms with van der Waals surface area (Å²) in [5.74, 6) is 5.26. The first-order valence-electron chi connectivity index (χ1n) is 9.47. The topological polar surface area (TPSA) is 73.0 Å². The summed E-state index contributed by atoms with van der Waals surface area (Å²) in [6.45, 7) is 3.66. The Morgan fingerprint density at radius 2 is 2.20 bits per heavy atom. The van der Waals surface area contributed by atoms with E-state index in [1.807, 2.05) is 6.07 Å². The molecule has 1 aliphatic heterocycles. The number of hydrogen-bond acceptors (Lipinski definition) is 4. The highest BCUT2D eigenvalue weighted by Gasteiger charge is 2.36. The molecule has 1 aliphatic carbocycles. The molecule has 0 radical (unpaired) electrons. The van der Waals surface area contributed by atoms with Crippen LogP contribution in [-0.2, 0) is 30.7 Å². The smallest absolute Gasteiger partial charge is 0.220 e. The molecule has 2 aromatic rings. The maximum atomic E-state index is 12.1. The van der Waals surface area contributed by atoms with Crippen molar-refractivity contribution in [2.45, 2.75) is 70.9 Å².